The van der Waals surface area contributed by atoms with Crippen molar-refractivity contribution in [1.82, 2.24) is 0 Å². The molecule has 408 valence electrons. The molecule has 8 bridgehead atoms. The Morgan fingerprint density at radius 2 is 0.412 bits per heavy atom. The molecule has 80 heavy (non-hydrogen) atoms. The number of benzene rings is 8. The normalized spacial score (nSPS) is 11.5. The summed E-state index contributed by atoms with van der Waals surface area (Å²) in [5.74, 6) is 1.73. The number of carbonyl (C=O) groups is 4. The zero-order chi connectivity index (χ0) is 56.5. The average Bonchev–Trinajstić information content (AvgIpc) is 3.44. The number of ether oxygens (including phenoxy) is 4. The average molecular weight is 1150 g/mol. The fourth-order valence-corrected chi connectivity index (χ4v) is 13.2. The van der Waals surface area contributed by atoms with Gasteiger partial charge in [-0.25, -0.2) is 19.2 Å². The van der Waals surface area contributed by atoms with Gasteiger partial charge in [-0.2, -0.15) is 0 Å². The highest BCUT2D eigenvalue weighted by molar-refractivity contribution is 8.01. The number of methoxy groups -OCH3 is 4. The molecule has 8 aromatic carbocycles. The van der Waals surface area contributed by atoms with E-state index < -0.39 is 24.1 Å². The van der Waals surface area contributed by atoms with E-state index in [4.69, 9.17) is 18.9 Å². The number of nitrogens with one attached hydrogen (secondary N) is 8. The van der Waals surface area contributed by atoms with Gasteiger partial charge in [0.2, 0.25) is 0 Å². The molecule has 9 rings (SSSR count). The van der Waals surface area contributed by atoms with E-state index >= 15 is 0 Å². The van der Waals surface area contributed by atoms with Gasteiger partial charge in [0, 0.05) is 45.5 Å². The molecule has 0 radical (unpaired) electrons. The number of anilines is 8. The molecule has 0 saturated carbocycles. The van der Waals surface area contributed by atoms with Crippen LogP contribution in [0.5, 0.6) is 23.0 Å². The summed E-state index contributed by atoms with van der Waals surface area (Å²) >= 11 is 5.11. The molecule has 8 amide bonds. The van der Waals surface area contributed by atoms with Crippen molar-refractivity contribution in [3.05, 3.63) is 168 Å². The second kappa shape index (κ2) is 25.5. The molecule has 20 heteroatoms. The van der Waals surface area contributed by atoms with Gasteiger partial charge < -0.3 is 61.5 Å². The molecule has 0 fully saturated rings. The van der Waals surface area contributed by atoms with Crippen LogP contribution in [0.1, 0.15) is 22.3 Å². The van der Waals surface area contributed by atoms with Crippen molar-refractivity contribution in [2.45, 2.75) is 66.9 Å². The third-order valence-corrected chi connectivity index (χ3v) is 16.2. The minimum atomic E-state index is -0.492. The van der Waals surface area contributed by atoms with Crippen LogP contribution in [0.3, 0.4) is 0 Å². The van der Waals surface area contributed by atoms with E-state index in [-0.39, 0.29) is 0 Å². The third-order valence-electron chi connectivity index (χ3n) is 12.0. The number of aryl methyl sites for hydroxylation is 4. The maximum Gasteiger partial charge on any atom is 0.323 e. The molecule has 0 atom stereocenters. The Labute approximate surface area is 480 Å². The molecule has 8 aromatic rings. The van der Waals surface area contributed by atoms with Gasteiger partial charge in [-0.3, -0.25) is 0 Å². The zero-order valence-electron chi connectivity index (χ0n) is 44.8. The van der Waals surface area contributed by atoms with Crippen molar-refractivity contribution >= 4 is 117 Å². The van der Waals surface area contributed by atoms with Gasteiger partial charge in [-0.15, -0.1) is 0 Å². The van der Waals surface area contributed by atoms with Gasteiger partial charge in [0.05, 0.1) is 67.6 Å². The van der Waals surface area contributed by atoms with E-state index in [2.05, 4.69) is 42.5 Å². The van der Waals surface area contributed by atoms with Crippen LogP contribution >= 0.6 is 47.0 Å². The van der Waals surface area contributed by atoms with Gasteiger partial charge in [0.25, 0.3) is 0 Å². The minimum absolute atomic E-state index is 0.410. The van der Waals surface area contributed by atoms with Crippen molar-refractivity contribution in [3.63, 3.8) is 0 Å². The van der Waals surface area contributed by atoms with Crippen LogP contribution in [0.15, 0.2) is 185 Å². The first-order valence-corrected chi connectivity index (χ1v) is 28.1. The zero-order valence-corrected chi connectivity index (χ0v) is 48.0. The Hall–Kier alpha value is -8.56. The summed E-state index contributed by atoms with van der Waals surface area (Å²) in [6, 6.07) is 42.2. The van der Waals surface area contributed by atoms with Crippen molar-refractivity contribution in [2.24, 2.45) is 0 Å². The highest BCUT2D eigenvalue weighted by Crippen LogP contribution is 2.55. The van der Waals surface area contributed by atoms with E-state index in [0.29, 0.717) is 108 Å². The quantitative estimate of drug-likeness (QED) is 0.0576. The van der Waals surface area contributed by atoms with Crippen LogP contribution < -0.4 is 61.5 Å². The molecule has 0 saturated heterocycles. The van der Waals surface area contributed by atoms with E-state index in [1.54, 1.807) is 77.0 Å². The molecule has 1 aliphatic heterocycles. The molecule has 0 aromatic heterocycles. The molecular formula is C60H56N8O8S4. The number of hydrogen-bond donors (Lipinski definition) is 8. The van der Waals surface area contributed by atoms with E-state index in [9.17, 15) is 19.2 Å². The van der Waals surface area contributed by atoms with Gasteiger partial charge in [-0.05, 0) is 125 Å². The minimum Gasteiger partial charge on any atom is -0.494 e. The molecule has 1 aliphatic rings. The summed E-state index contributed by atoms with van der Waals surface area (Å²) in [6.45, 7) is 7.87. The first-order valence-electron chi connectivity index (χ1n) is 24.8. The van der Waals surface area contributed by atoms with Crippen LogP contribution in [-0.2, 0) is 0 Å². The Kier molecular flexibility index (Phi) is 17.9. The number of urea groups is 4. The first kappa shape index (κ1) is 56.2. The Morgan fingerprint density at radius 3 is 0.562 bits per heavy atom. The summed E-state index contributed by atoms with van der Waals surface area (Å²) < 4.78 is 25.2. The lowest BCUT2D eigenvalue weighted by Crippen LogP contribution is -2.19. The van der Waals surface area contributed by atoms with Crippen LogP contribution in [0.2, 0.25) is 0 Å². The van der Waals surface area contributed by atoms with E-state index in [1.807, 2.05) is 125 Å². The SMILES string of the molecule is COc1c2cc(NC(=O)Nc3ccc(C)cc3)cc1Sc1cc(NC(=O)Nc3ccc(C)cc3)cc(c1OC)Sc1cc(NC(=O)Nc3ccc(C)cc3)cc(c1OC)Sc1cc(NC(=O)Nc3ccc(C)cc3)cc(c1OC)S2. The predicted molar refractivity (Wildman–Crippen MR) is 324 cm³/mol. The third kappa shape index (κ3) is 14.2. The first-order chi connectivity index (χ1) is 38.6. The lowest BCUT2D eigenvalue weighted by Gasteiger charge is -2.22. The van der Waals surface area contributed by atoms with Crippen molar-refractivity contribution < 1.29 is 38.1 Å². The standard InChI is InChI=1S/C60H56N8O8S4/c1-33-9-17-37(18-10-33)61-57(69)65-41-25-45-53(73-5)46(26-41)78-48-28-43(67-59(71)63-39-21-13-35(3)14-22-39)30-50(55(48)75-7)80-52-32-44(68-60(72)64-40-23-15-36(4)16-24-40)31-51(56(52)76-8)79-49-29-42(27-47(77-45)54(49)74-6)66-58(70)62-38-19-11-34(2)12-20-38/h9-32H,1-8H3,(H2,61,65,69)(H2,62,66,70)(H2,63,67,71)(H2,64,68,72). The maximum atomic E-state index is 13.8. The van der Waals surface area contributed by atoms with Gasteiger partial charge in [0.1, 0.15) is 23.0 Å². The molecule has 0 spiro atoms. The molecule has 16 nitrogen and oxygen atoms in total. The Morgan fingerprint density at radius 1 is 0.263 bits per heavy atom. The topological polar surface area (TPSA) is 201 Å². The van der Waals surface area contributed by atoms with Gasteiger partial charge in [0.15, 0.2) is 0 Å². The highest BCUT2D eigenvalue weighted by Gasteiger charge is 2.26. The lowest BCUT2D eigenvalue weighted by molar-refractivity contribution is 0.261. The van der Waals surface area contributed by atoms with Gasteiger partial charge >= 0.3 is 24.1 Å². The summed E-state index contributed by atoms with van der Waals surface area (Å²) in [7, 11) is 6.23. The monoisotopic (exact) mass is 1140 g/mol. The summed E-state index contributed by atoms with van der Waals surface area (Å²) in [6.07, 6.45) is 0. The van der Waals surface area contributed by atoms with Crippen molar-refractivity contribution in [3.8, 4) is 23.0 Å². The van der Waals surface area contributed by atoms with E-state index in [1.165, 1.54) is 47.0 Å². The molecule has 0 unspecified atom stereocenters. The van der Waals surface area contributed by atoms with Crippen LogP contribution in [0, 0.1) is 27.7 Å². The number of fused-ring (bicyclic) bond motifs is 8. The molecular weight excluding hydrogens is 1090 g/mol. The predicted octanol–water partition coefficient (Wildman–Crippen LogP) is 16.4. The summed E-state index contributed by atoms with van der Waals surface area (Å²) in [4.78, 5) is 59.7. The fourth-order valence-electron chi connectivity index (χ4n) is 8.20. The van der Waals surface area contributed by atoms with Crippen LogP contribution in [0.25, 0.3) is 0 Å². The maximum absolute atomic E-state index is 13.8. The smallest absolute Gasteiger partial charge is 0.323 e. The number of carbonyl (C=O) groups excluding carboxylic acids is 4. The number of amides is 8. The Balaban J connectivity index is 1.22. The van der Waals surface area contributed by atoms with Crippen molar-refractivity contribution in [1.29, 1.82) is 0 Å². The molecule has 8 N–H and O–H groups in total. The second-order valence-electron chi connectivity index (χ2n) is 18.2. The molecule has 1 heterocycles. The second-order valence-corrected chi connectivity index (χ2v) is 22.5. The van der Waals surface area contributed by atoms with Crippen molar-refractivity contribution in [2.75, 3.05) is 71.0 Å². The summed E-state index contributed by atoms with van der Waals surface area (Å²) in [5.41, 5.74) is 8.19. The number of rotatable bonds is 12. The lowest BCUT2D eigenvalue weighted by atomic mass is 10.2. The molecule has 0 aliphatic carbocycles. The Bertz CT molecular complexity index is 3060. The fraction of sp³-hybridized carbons (Fsp3) is 0.133. The van der Waals surface area contributed by atoms with E-state index in [0.717, 1.165) is 22.3 Å². The van der Waals surface area contributed by atoms with Gasteiger partial charge in [-0.1, -0.05) is 118 Å². The summed E-state index contributed by atoms with van der Waals surface area (Å²) in [5, 5.41) is 23.8. The van der Waals surface area contributed by atoms with Crippen LogP contribution in [-0.4, -0.2) is 52.6 Å². The number of hydrogen-bond acceptors (Lipinski definition) is 12. The van der Waals surface area contributed by atoms with Crippen LogP contribution in [0.4, 0.5) is 64.7 Å². The highest BCUT2D eigenvalue weighted by atomic mass is 32.2. The largest absolute Gasteiger partial charge is 0.494 e.